The van der Waals surface area contributed by atoms with Crippen molar-refractivity contribution in [3.63, 3.8) is 0 Å². The summed E-state index contributed by atoms with van der Waals surface area (Å²) in [4.78, 5) is 13.6. The van der Waals surface area contributed by atoms with E-state index in [1.165, 1.54) is 11.5 Å². The fourth-order valence-electron chi connectivity index (χ4n) is 2.39. The summed E-state index contributed by atoms with van der Waals surface area (Å²) in [7, 11) is 0. The lowest BCUT2D eigenvalue weighted by atomic mass is 9.82. The molecule has 1 saturated heterocycles. The largest absolute Gasteiger partial charge is 0.444 e. The maximum absolute atomic E-state index is 12.0. The Morgan fingerprint density at radius 3 is 2.62 bits per heavy atom. The summed E-state index contributed by atoms with van der Waals surface area (Å²) in [5.74, 6) is 0. The van der Waals surface area contributed by atoms with Gasteiger partial charge in [0.15, 0.2) is 0 Å². The highest BCUT2D eigenvalue weighted by Crippen LogP contribution is 2.34. The second-order valence-corrected chi connectivity index (χ2v) is 7.16. The molecule has 0 bridgehead atoms. The average molecular weight is 313 g/mol. The number of carbonyl (C=O) groups excluding carboxylic acids is 1. The monoisotopic (exact) mass is 313 g/mol. The molecule has 1 aromatic rings. The number of amides is 1. The molecule has 1 aromatic heterocycles. The van der Waals surface area contributed by atoms with Gasteiger partial charge in [0.1, 0.15) is 5.60 Å². The van der Waals surface area contributed by atoms with Crippen LogP contribution in [0.3, 0.4) is 0 Å². The van der Waals surface area contributed by atoms with Gasteiger partial charge in [-0.25, -0.2) is 9.17 Å². The van der Waals surface area contributed by atoms with Gasteiger partial charge in [-0.3, -0.25) is 0 Å². The van der Waals surface area contributed by atoms with E-state index in [9.17, 15) is 9.90 Å². The smallest absolute Gasteiger partial charge is 0.410 e. The Morgan fingerprint density at radius 1 is 1.52 bits per heavy atom. The van der Waals surface area contributed by atoms with E-state index in [0.717, 1.165) is 5.56 Å². The normalized spacial score (nSPS) is 20.1. The summed E-state index contributed by atoms with van der Waals surface area (Å²) in [5.41, 5.74) is 5.49. The third kappa shape index (κ3) is 3.93. The van der Waals surface area contributed by atoms with E-state index >= 15 is 0 Å². The molecular formula is C14H23N3O3S. The summed E-state index contributed by atoms with van der Waals surface area (Å²) >= 11 is 1.32. The molecule has 7 heteroatoms. The fraction of sp³-hybridized carbons (Fsp3) is 0.714. The third-order valence-corrected chi connectivity index (χ3v) is 4.28. The van der Waals surface area contributed by atoms with Crippen molar-refractivity contribution >= 4 is 17.6 Å². The minimum absolute atomic E-state index is 0.338. The van der Waals surface area contributed by atoms with Gasteiger partial charge in [-0.05, 0) is 45.1 Å². The first-order chi connectivity index (χ1) is 9.71. The molecule has 1 aliphatic rings. The van der Waals surface area contributed by atoms with Crippen LogP contribution in [-0.2, 0) is 4.74 Å². The van der Waals surface area contributed by atoms with Crippen LogP contribution >= 0.6 is 11.5 Å². The first-order valence-electron chi connectivity index (χ1n) is 7.06. The van der Waals surface area contributed by atoms with Crippen LogP contribution in [0.4, 0.5) is 4.79 Å². The molecule has 1 aliphatic heterocycles. The molecule has 3 N–H and O–H groups in total. The molecule has 0 spiro atoms. The Bertz CT molecular complexity index is 476. The van der Waals surface area contributed by atoms with E-state index in [1.54, 1.807) is 11.1 Å². The van der Waals surface area contributed by atoms with Crippen LogP contribution in [0.1, 0.15) is 45.2 Å². The predicted octanol–water partition coefficient (Wildman–Crippen LogP) is 1.90. The van der Waals surface area contributed by atoms with Gasteiger partial charge in [0.2, 0.25) is 0 Å². The average Bonchev–Trinajstić information content (AvgIpc) is 2.90. The molecule has 21 heavy (non-hydrogen) atoms. The van der Waals surface area contributed by atoms with Crippen molar-refractivity contribution in [2.24, 2.45) is 5.73 Å². The van der Waals surface area contributed by atoms with E-state index in [-0.39, 0.29) is 6.09 Å². The molecule has 1 unspecified atom stereocenters. The standard InChI is InChI=1S/C14H23N3O3S/c1-13(2,3)20-12(18)17-6-4-14(19,5-7-17)11(15)10-8-16-21-9-10/h8-9,11,19H,4-7,15H2,1-3H3. The van der Waals surface area contributed by atoms with E-state index in [1.807, 2.05) is 26.2 Å². The van der Waals surface area contributed by atoms with Gasteiger partial charge in [0, 0.05) is 30.2 Å². The molecule has 0 aromatic carbocycles. The molecule has 2 heterocycles. The molecule has 0 aliphatic carbocycles. The number of nitrogens with two attached hydrogens (primary N) is 1. The SMILES string of the molecule is CC(C)(C)OC(=O)N1CCC(O)(C(N)c2cnsc2)CC1. The van der Waals surface area contributed by atoms with Gasteiger partial charge in [-0.2, -0.15) is 0 Å². The Kier molecular flexibility index (Phi) is 4.55. The van der Waals surface area contributed by atoms with Gasteiger partial charge < -0.3 is 20.5 Å². The van der Waals surface area contributed by atoms with E-state index in [2.05, 4.69) is 4.37 Å². The molecule has 0 saturated carbocycles. The van der Waals surface area contributed by atoms with Crippen LogP contribution in [0.15, 0.2) is 11.6 Å². The van der Waals surface area contributed by atoms with Crippen molar-refractivity contribution in [1.82, 2.24) is 9.27 Å². The number of ether oxygens (including phenoxy) is 1. The lowest BCUT2D eigenvalue weighted by molar-refractivity contribution is -0.0475. The third-order valence-electron chi connectivity index (χ3n) is 3.67. The first kappa shape index (κ1) is 16.2. The Morgan fingerprint density at radius 2 is 2.14 bits per heavy atom. The van der Waals surface area contributed by atoms with Crippen LogP contribution in [0, 0.1) is 0 Å². The summed E-state index contributed by atoms with van der Waals surface area (Å²) < 4.78 is 9.36. The number of carbonyl (C=O) groups is 1. The van der Waals surface area contributed by atoms with Crippen molar-refractivity contribution in [1.29, 1.82) is 0 Å². The number of aliphatic hydroxyl groups is 1. The minimum atomic E-state index is -0.999. The quantitative estimate of drug-likeness (QED) is 0.870. The Hall–Kier alpha value is -1.18. The van der Waals surface area contributed by atoms with Crippen LogP contribution in [-0.4, -0.2) is 44.8 Å². The molecule has 0 radical (unpaired) electrons. The van der Waals surface area contributed by atoms with Gasteiger partial charge in [-0.15, -0.1) is 0 Å². The predicted molar refractivity (Wildman–Crippen MR) is 81.0 cm³/mol. The number of likely N-dealkylation sites (tertiary alicyclic amines) is 1. The number of hydrogen-bond acceptors (Lipinski definition) is 6. The van der Waals surface area contributed by atoms with Gasteiger partial charge in [0.25, 0.3) is 0 Å². The van der Waals surface area contributed by atoms with Crippen molar-refractivity contribution in [3.8, 4) is 0 Å². The summed E-state index contributed by atoms with van der Waals surface area (Å²) in [6, 6.07) is -0.475. The highest BCUT2D eigenvalue weighted by atomic mass is 32.1. The van der Waals surface area contributed by atoms with Gasteiger partial charge >= 0.3 is 6.09 Å². The molecule has 6 nitrogen and oxygen atoms in total. The number of hydrogen-bond donors (Lipinski definition) is 2. The number of aromatic nitrogens is 1. The number of nitrogens with zero attached hydrogens (tertiary/aromatic N) is 2. The molecule has 118 valence electrons. The summed E-state index contributed by atoms with van der Waals surface area (Å²) in [6.45, 7) is 6.40. The zero-order valence-electron chi connectivity index (χ0n) is 12.7. The maximum atomic E-state index is 12.0. The number of piperidine rings is 1. The summed E-state index contributed by atoms with van der Waals surface area (Å²) in [5, 5.41) is 12.6. The topological polar surface area (TPSA) is 88.7 Å². The second kappa shape index (κ2) is 5.90. The van der Waals surface area contributed by atoms with Crippen LogP contribution < -0.4 is 5.73 Å². The van der Waals surface area contributed by atoms with Gasteiger partial charge in [0.05, 0.1) is 11.6 Å². The number of rotatable bonds is 2. The zero-order chi connectivity index (χ0) is 15.7. The molecule has 2 rings (SSSR count). The van der Waals surface area contributed by atoms with Crippen molar-refractivity contribution < 1.29 is 14.6 Å². The fourth-order valence-corrected chi connectivity index (χ4v) is 2.96. The lowest BCUT2D eigenvalue weighted by Gasteiger charge is -2.41. The molecule has 1 amide bonds. The van der Waals surface area contributed by atoms with E-state index < -0.39 is 17.2 Å². The Balaban J connectivity index is 1.95. The highest BCUT2D eigenvalue weighted by Gasteiger charge is 2.40. The van der Waals surface area contributed by atoms with Crippen LogP contribution in [0.5, 0.6) is 0 Å². The highest BCUT2D eigenvalue weighted by molar-refractivity contribution is 7.03. The van der Waals surface area contributed by atoms with Crippen molar-refractivity contribution in [2.75, 3.05) is 13.1 Å². The summed E-state index contributed by atoms with van der Waals surface area (Å²) in [6.07, 6.45) is 2.22. The van der Waals surface area contributed by atoms with E-state index in [0.29, 0.717) is 25.9 Å². The van der Waals surface area contributed by atoms with Gasteiger partial charge in [-0.1, -0.05) is 0 Å². The first-order valence-corrected chi connectivity index (χ1v) is 7.90. The van der Waals surface area contributed by atoms with Crippen LogP contribution in [0.2, 0.25) is 0 Å². The Labute approximate surface area is 129 Å². The molecule has 1 fully saturated rings. The van der Waals surface area contributed by atoms with Crippen LogP contribution in [0.25, 0.3) is 0 Å². The van der Waals surface area contributed by atoms with Crippen molar-refractivity contribution in [3.05, 3.63) is 17.1 Å². The lowest BCUT2D eigenvalue weighted by Crippen LogP contribution is -2.52. The van der Waals surface area contributed by atoms with Crippen molar-refractivity contribution in [2.45, 2.75) is 50.9 Å². The second-order valence-electron chi connectivity index (χ2n) is 6.51. The maximum Gasteiger partial charge on any atom is 0.410 e. The van der Waals surface area contributed by atoms with E-state index in [4.69, 9.17) is 10.5 Å². The minimum Gasteiger partial charge on any atom is -0.444 e. The molecular weight excluding hydrogens is 290 g/mol. The zero-order valence-corrected chi connectivity index (χ0v) is 13.5. The molecule has 1 atom stereocenters.